The second kappa shape index (κ2) is 8.86. The molecule has 6 heteroatoms. The monoisotopic (exact) mass is 582 g/mol. The largest absolute Gasteiger partial charge is 0.569 e. The molecule has 205 valence electrons. The summed E-state index contributed by atoms with van der Waals surface area (Å²) in [6.07, 6.45) is 0. The quantitative estimate of drug-likeness (QED) is 0.211. The van der Waals surface area contributed by atoms with E-state index in [1.165, 1.54) is 47.2 Å². The van der Waals surface area contributed by atoms with Gasteiger partial charge in [0.1, 0.15) is 11.3 Å². The number of aromatic nitrogens is 1. The van der Waals surface area contributed by atoms with E-state index in [2.05, 4.69) is 102 Å². The lowest BCUT2D eigenvalue weighted by Crippen LogP contribution is -1.99. The van der Waals surface area contributed by atoms with Crippen molar-refractivity contribution in [2.45, 2.75) is 0 Å². The molecule has 1 radical (unpaired) electrons. The van der Waals surface area contributed by atoms with E-state index in [1.54, 1.807) is 0 Å². The number of rotatable bonds is 3. The molecule has 0 unspecified atom stereocenters. The highest BCUT2D eigenvalue weighted by Gasteiger charge is 2.23. The summed E-state index contributed by atoms with van der Waals surface area (Å²) in [7, 11) is 0.709. The number of benzene rings is 7. The van der Waals surface area contributed by atoms with Crippen molar-refractivity contribution in [1.82, 2.24) is 4.57 Å². The van der Waals surface area contributed by atoms with Crippen LogP contribution in [0.1, 0.15) is 0 Å². The first-order valence-electron chi connectivity index (χ1n) is 14.6. The molecule has 0 aliphatic rings. The Morgan fingerprint density at radius 1 is 0.636 bits per heavy atom. The number of hydrogen-bond donors (Lipinski definition) is 1. The van der Waals surface area contributed by atoms with Gasteiger partial charge in [-0.05, 0) is 51.9 Å². The van der Waals surface area contributed by atoms with Crippen LogP contribution in [0.3, 0.4) is 0 Å². The van der Waals surface area contributed by atoms with Crippen molar-refractivity contribution in [2.75, 3.05) is 0 Å². The fourth-order valence-electron chi connectivity index (χ4n) is 7.26. The number of thiophene rings is 1. The minimum absolute atomic E-state index is 0.481. The van der Waals surface area contributed by atoms with Crippen molar-refractivity contribution in [3.8, 4) is 11.4 Å². The molecule has 10 rings (SSSR count). The first-order valence-corrected chi connectivity index (χ1v) is 15.4. The summed E-state index contributed by atoms with van der Waals surface area (Å²) in [5, 5.41) is 21.2. The van der Waals surface area contributed by atoms with E-state index >= 15 is 0 Å². The minimum Gasteiger partial charge on any atom is -0.535 e. The van der Waals surface area contributed by atoms with Gasteiger partial charge in [0.05, 0.1) is 15.7 Å². The summed E-state index contributed by atoms with van der Waals surface area (Å²) in [5.74, 6) is 0.481. The fraction of sp³-hybridized carbons (Fsp3) is 0. The molecule has 10 aromatic rings. The third kappa shape index (κ3) is 3.11. The van der Waals surface area contributed by atoms with Crippen LogP contribution >= 0.6 is 11.3 Å². The summed E-state index contributed by atoms with van der Waals surface area (Å²) in [4.78, 5) is 0. The van der Waals surface area contributed by atoms with Gasteiger partial charge in [-0.1, -0.05) is 84.9 Å². The lowest BCUT2D eigenvalue weighted by Gasteiger charge is -2.10. The molecule has 7 aromatic carbocycles. The standard InChI is InChI=1S/C38H21BNO3S/c41-39-43-31-19-21-9-1-2-10-23(21)34-27-18-17-22(20-30(27)42-37(31)34)40-29-15-7-5-13-26(29)33-24-11-3-4-12-25(24)35-28-14-6-8-16-32(28)44-38(35)36(33)40/h1-20,41H. The minimum atomic E-state index is 0.481. The van der Waals surface area contributed by atoms with E-state index < -0.39 is 0 Å². The number of hydrogen-bond acceptors (Lipinski definition) is 4. The van der Waals surface area contributed by atoms with Gasteiger partial charge in [-0.25, -0.2) is 0 Å². The van der Waals surface area contributed by atoms with Crippen LogP contribution in [0.5, 0.6) is 5.75 Å². The van der Waals surface area contributed by atoms with E-state index in [4.69, 9.17) is 9.07 Å². The molecule has 0 amide bonds. The number of para-hydroxylation sites is 1. The maximum Gasteiger partial charge on any atom is 0.569 e. The summed E-state index contributed by atoms with van der Waals surface area (Å²) in [6, 6.07) is 42.8. The third-order valence-corrected chi connectivity index (χ3v) is 10.2. The molecular weight excluding hydrogens is 561 g/mol. The van der Waals surface area contributed by atoms with E-state index in [9.17, 15) is 5.02 Å². The summed E-state index contributed by atoms with van der Waals surface area (Å²) in [5.41, 5.74) is 4.76. The lowest BCUT2D eigenvalue weighted by molar-refractivity contribution is 0.451. The predicted molar refractivity (Wildman–Crippen MR) is 185 cm³/mol. The smallest absolute Gasteiger partial charge is 0.535 e. The van der Waals surface area contributed by atoms with Crippen LogP contribution in [0.25, 0.3) is 91.1 Å². The number of furan rings is 1. The molecule has 3 aromatic heterocycles. The Kier molecular flexibility index (Phi) is 4.87. The van der Waals surface area contributed by atoms with Gasteiger partial charge in [0.25, 0.3) is 0 Å². The van der Waals surface area contributed by atoms with E-state index in [-0.39, 0.29) is 0 Å². The Morgan fingerprint density at radius 3 is 2.18 bits per heavy atom. The molecule has 44 heavy (non-hydrogen) atoms. The highest BCUT2D eigenvalue weighted by atomic mass is 32.1. The number of fused-ring (bicyclic) bond motifs is 15. The van der Waals surface area contributed by atoms with Crippen LogP contribution in [-0.2, 0) is 0 Å². The molecule has 0 fully saturated rings. The second-order valence-corrected chi connectivity index (χ2v) is 12.3. The average molecular weight is 582 g/mol. The van der Waals surface area contributed by atoms with Crippen molar-refractivity contribution in [3.63, 3.8) is 0 Å². The van der Waals surface area contributed by atoms with E-state index in [0.717, 1.165) is 38.3 Å². The van der Waals surface area contributed by atoms with Crippen LogP contribution in [-0.4, -0.2) is 17.3 Å². The normalized spacial score (nSPS) is 12.2. The summed E-state index contributed by atoms with van der Waals surface area (Å²) < 4.78 is 17.0. The van der Waals surface area contributed by atoms with Crippen LogP contribution in [0.4, 0.5) is 0 Å². The topological polar surface area (TPSA) is 47.5 Å². The maximum absolute atomic E-state index is 9.52. The van der Waals surface area contributed by atoms with Gasteiger partial charge in [-0.3, -0.25) is 0 Å². The van der Waals surface area contributed by atoms with Gasteiger partial charge in [-0.2, -0.15) is 0 Å². The van der Waals surface area contributed by atoms with Gasteiger partial charge in [-0.15, -0.1) is 11.3 Å². The van der Waals surface area contributed by atoms with Gasteiger partial charge in [0.15, 0.2) is 5.58 Å². The Hall–Kier alpha value is -5.30. The molecule has 0 saturated heterocycles. The van der Waals surface area contributed by atoms with Gasteiger partial charge in [0.2, 0.25) is 0 Å². The van der Waals surface area contributed by atoms with Crippen LogP contribution in [0, 0.1) is 0 Å². The van der Waals surface area contributed by atoms with Crippen LogP contribution in [0.2, 0.25) is 0 Å². The van der Waals surface area contributed by atoms with Crippen molar-refractivity contribution in [2.24, 2.45) is 0 Å². The van der Waals surface area contributed by atoms with E-state index in [1.807, 2.05) is 35.6 Å². The van der Waals surface area contributed by atoms with Gasteiger partial charge in [0, 0.05) is 48.8 Å². The van der Waals surface area contributed by atoms with Crippen molar-refractivity contribution < 1.29 is 14.1 Å². The molecule has 4 nitrogen and oxygen atoms in total. The van der Waals surface area contributed by atoms with Crippen molar-refractivity contribution in [3.05, 3.63) is 121 Å². The molecule has 0 aliphatic carbocycles. The first-order chi connectivity index (χ1) is 21.8. The number of nitrogens with zero attached hydrogens (tertiary/aromatic N) is 1. The Bertz CT molecular complexity index is 2810. The molecule has 3 heterocycles. The predicted octanol–water partition coefficient (Wildman–Crippen LogP) is 10.3. The van der Waals surface area contributed by atoms with E-state index in [0.29, 0.717) is 19.0 Å². The van der Waals surface area contributed by atoms with Gasteiger partial charge >= 0.3 is 7.69 Å². The zero-order valence-electron chi connectivity index (χ0n) is 23.2. The highest BCUT2D eigenvalue weighted by Crippen LogP contribution is 2.48. The van der Waals surface area contributed by atoms with Crippen molar-refractivity contribution in [1.29, 1.82) is 0 Å². The molecule has 0 bridgehead atoms. The summed E-state index contributed by atoms with van der Waals surface area (Å²) >= 11 is 1.86. The zero-order valence-corrected chi connectivity index (χ0v) is 24.1. The summed E-state index contributed by atoms with van der Waals surface area (Å²) in [6.45, 7) is 0. The molecule has 0 spiro atoms. The fourth-order valence-corrected chi connectivity index (χ4v) is 8.52. The zero-order chi connectivity index (χ0) is 28.9. The highest BCUT2D eigenvalue weighted by molar-refractivity contribution is 7.27. The SMILES string of the molecule is O[B]Oc1cc2ccccc2c2c1oc1cc(-n3c4ccccc4c4c5ccccc5c5c6ccccc6sc5c43)ccc12. The van der Waals surface area contributed by atoms with Gasteiger partial charge < -0.3 is 18.7 Å². The second-order valence-electron chi connectivity index (χ2n) is 11.2. The average Bonchev–Trinajstić information content (AvgIpc) is 3.75. The Balaban J connectivity index is 1.38. The van der Waals surface area contributed by atoms with Crippen LogP contribution in [0.15, 0.2) is 126 Å². The molecule has 0 aliphatic heterocycles. The molecule has 0 saturated carbocycles. The van der Waals surface area contributed by atoms with Crippen LogP contribution < -0.4 is 4.65 Å². The first kappa shape index (κ1) is 24.2. The third-order valence-electron chi connectivity index (χ3n) is 9.00. The lowest BCUT2D eigenvalue weighted by atomic mass is 9.99. The van der Waals surface area contributed by atoms with Crippen molar-refractivity contribution >= 4 is 104 Å². The molecular formula is C38H21BNO3S. The Labute approximate surface area is 255 Å². The molecule has 0 atom stereocenters. The Morgan fingerprint density at radius 2 is 1.34 bits per heavy atom. The molecule has 1 N–H and O–H groups in total. The maximum atomic E-state index is 9.52.